The second-order valence-corrected chi connectivity index (χ2v) is 7.58. The zero-order chi connectivity index (χ0) is 19.7. The van der Waals surface area contributed by atoms with E-state index in [-0.39, 0.29) is 19.5 Å². The summed E-state index contributed by atoms with van der Waals surface area (Å²) in [5.41, 5.74) is 0.707. The van der Waals surface area contributed by atoms with Gasteiger partial charge in [-0.15, -0.1) is 0 Å². The number of alkyl halides is 3. The minimum absolute atomic E-state index is 0.0612. The Labute approximate surface area is 157 Å². The number of hydrogen-bond donors (Lipinski definition) is 1. The molecule has 2 saturated heterocycles. The van der Waals surface area contributed by atoms with Crippen molar-refractivity contribution in [3.8, 4) is 0 Å². The highest BCUT2D eigenvalue weighted by Crippen LogP contribution is 2.44. The number of para-hydroxylation sites is 1. The Morgan fingerprint density at radius 1 is 1.22 bits per heavy atom. The van der Waals surface area contributed by atoms with Crippen molar-refractivity contribution in [3.05, 3.63) is 29.8 Å². The van der Waals surface area contributed by atoms with E-state index in [0.29, 0.717) is 13.2 Å². The third-order valence-corrected chi connectivity index (χ3v) is 5.60. The third-order valence-electron chi connectivity index (χ3n) is 5.60. The van der Waals surface area contributed by atoms with Crippen LogP contribution >= 0.6 is 0 Å². The van der Waals surface area contributed by atoms with Crippen molar-refractivity contribution in [1.29, 1.82) is 0 Å². The fourth-order valence-corrected chi connectivity index (χ4v) is 4.05. The quantitative estimate of drug-likeness (QED) is 0.868. The minimum atomic E-state index is -4.30. The van der Waals surface area contributed by atoms with Crippen molar-refractivity contribution < 1.29 is 22.7 Å². The van der Waals surface area contributed by atoms with Gasteiger partial charge >= 0.3 is 12.2 Å². The molecule has 0 spiro atoms. The van der Waals surface area contributed by atoms with Crippen LogP contribution in [0.4, 0.5) is 23.7 Å². The number of amides is 2. The number of urea groups is 1. The Morgan fingerprint density at radius 2 is 1.89 bits per heavy atom. The first kappa shape index (κ1) is 19.8. The van der Waals surface area contributed by atoms with Crippen LogP contribution < -0.4 is 10.2 Å². The van der Waals surface area contributed by atoms with Crippen molar-refractivity contribution in [2.24, 2.45) is 5.92 Å². The molecule has 0 bridgehead atoms. The van der Waals surface area contributed by atoms with Crippen LogP contribution in [0.1, 0.15) is 25.8 Å². The topological polar surface area (TPSA) is 44.8 Å². The van der Waals surface area contributed by atoms with Gasteiger partial charge in [0.15, 0.2) is 0 Å². The van der Waals surface area contributed by atoms with E-state index in [9.17, 15) is 18.0 Å². The van der Waals surface area contributed by atoms with Crippen LogP contribution in [-0.4, -0.2) is 55.5 Å². The zero-order valence-corrected chi connectivity index (χ0v) is 15.7. The first-order valence-electron chi connectivity index (χ1n) is 9.24. The standard InChI is InChI=1S/C19H26F3N3O2/c1-18(2)16(19(20,21)22)7-8-25(18)17(26)23-13-14-5-3-4-6-15(14)24-9-11-27-12-10-24/h3-6,16H,7-13H2,1-2H3,(H,23,26)/t16-/m0/s1. The van der Waals surface area contributed by atoms with Crippen LogP contribution in [0.3, 0.4) is 0 Å². The normalized spacial score (nSPS) is 22.8. The van der Waals surface area contributed by atoms with Gasteiger partial charge in [-0.25, -0.2) is 4.79 Å². The number of benzene rings is 1. The molecule has 2 aliphatic rings. The maximum Gasteiger partial charge on any atom is 0.394 e. The molecule has 3 rings (SSSR count). The first-order valence-corrected chi connectivity index (χ1v) is 9.24. The fourth-order valence-electron chi connectivity index (χ4n) is 4.05. The Kier molecular flexibility index (Phi) is 5.55. The van der Waals surface area contributed by atoms with Crippen molar-refractivity contribution in [2.45, 2.75) is 38.5 Å². The van der Waals surface area contributed by atoms with Crippen LogP contribution in [0, 0.1) is 5.92 Å². The first-order chi connectivity index (χ1) is 12.7. The van der Waals surface area contributed by atoms with Crippen molar-refractivity contribution in [2.75, 3.05) is 37.7 Å². The molecule has 2 fully saturated rings. The maximum absolute atomic E-state index is 13.2. The lowest BCUT2D eigenvalue weighted by Gasteiger charge is -2.36. The molecule has 0 aliphatic carbocycles. The van der Waals surface area contributed by atoms with Crippen LogP contribution in [-0.2, 0) is 11.3 Å². The predicted molar refractivity (Wildman–Crippen MR) is 96.7 cm³/mol. The zero-order valence-electron chi connectivity index (χ0n) is 15.7. The summed E-state index contributed by atoms with van der Waals surface area (Å²) >= 11 is 0. The number of carbonyl (C=O) groups excluding carboxylic acids is 1. The minimum Gasteiger partial charge on any atom is -0.378 e. The number of rotatable bonds is 3. The van der Waals surface area contributed by atoms with Gasteiger partial charge in [0.05, 0.1) is 24.7 Å². The van der Waals surface area contributed by atoms with Gasteiger partial charge in [0.2, 0.25) is 0 Å². The molecule has 2 aliphatic heterocycles. The number of morpholine rings is 1. The molecule has 5 nitrogen and oxygen atoms in total. The SMILES string of the molecule is CC1(C)[C@@H](C(F)(F)F)CCN1C(=O)NCc1ccccc1N1CCOCC1. The number of carbonyl (C=O) groups is 1. The van der Waals surface area contributed by atoms with Gasteiger partial charge in [0.25, 0.3) is 0 Å². The molecule has 0 aromatic heterocycles. The molecular weight excluding hydrogens is 359 g/mol. The largest absolute Gasteiger partial charge is 0.394 e. The molecule has 2 heterocycles. The van der Waals surface area contributed by atoms with Crippen LogP contribution in [0.2, 0.25) is 0 Å². The van der Waals surface area contributed by atoms with E-state index in [0.717, 1.165) is 24.3 Å². The Bertz CT molecular complexity index is 672. The summed E-state index contributed by atoms with van der Waals surface area (Å²) in [7, 11) is 0. The Morgan fingerprint density at radius 3 is 2.52 bits per heavy atom. The van der Waals surface area contributed by atoms with Gasteiger partial charge in [0, 0.05) is 31.9 Å². The molecule has 2 amide bonds. The summed E-state index contributed by atoms with van der Waals surface area (Å²) < 4.78 is 45.1. The maximum atomic E-state index is 13.2. The van der Waals surface area contributed by atoms with E-state index >= 15 is 0 Å². The number of likely N-dealkylation sites (tertiary alicyclic amines) is 1. The van der Waals surface area contributed by atoms with Gasteiger partial charge in [-0.05, 0) is 31.9 Å². The van der Waals surface area contributed by atoms with Gasteiger partial charge in [0.1, 0.15) is 0 Å². The number of nitrogens with zero attached hydrogens (tertiary/aromatic N) is 2. The summed E-state index contributed by atoms with van der Waals surface area (Å²) in [6, 6.07) is 7.30. The van der Waals surface area contributed by atoms with Gasteiger partial charge < -0.3 is 19.9 Å². The summed E-state index contributed by atoms with van der Waals surface area (Å²) in [5.74, 6) is -1.50. The second kappa shape index (κ2) is 7.58. The van der Waals surface area contributed by atoms with E-state index in [1.54, 1.807) is 0 Å². The summed E-state index contributed by atoms with van der Waals surface area (Å²) in [5, 5.41) is 2.81. The van der Waals surface area contributed by atoms with Crippen molar-refractivity contribution in [3.63, 3.8) is 0 Å². The monoisotopic (exact) mass is 385 g/mol. The number of anilines is 1. The van der Waals surface area contributed by atoms with Crippen LogP contribution in [0.15, 0.2) is 24.3 Å². The molecule has 1 N–H and O–H groups in total. The average molecular weight is 385 g/mol. The van der Waals surface area contributed by atoms with E-state index < -0.39 is 23.7 Å². The third kappa shape index (κ3) is 4.15. The van der Waals surface area contributed by atoms with Crippen molar-refractivity contribution >= 4 is 11.7 Å². The lowest BCUT2D eigenvalue weighted by molar-refractivity contribution is -0.189. The Balaban J connectivity index is 1.66. The summed E-state index contributed by atoms with van der Waals surface area (Å²) in [6.45, 7) is 6.21. The smallest absolute Gasteiger partial charge is 0.378 e. The molecule has 0 radical (unpaired) electrons. The van der Waals surface area contributed by atoms with E-state index in [1.807, 2.05) is 24.3 Å². The highest BCUT2D eigenvalue weighted by Gasteiger charge is 2.56. The van der Waals surface area contributed by atoms with Gasteiger partial charge in [-0.3, -0.25) is 0 Å². The predicted octanol–water partition coefficient (Wildman–Crippen LogP) is 3.40. The van der Waals surface area contributed by atoms with E-state index in [2.05, 4.69) is 10.2 Å². The molecule has 150 valence electrons. The molecule has 8 heteroatoms. The van der Waals surface area contributed by atoms with Gasteiger partial charge in [-0.2, -0.15) is 13.2 Å². The number of ether oxygens (including phenoxy) is 1. The molecular formula is C19H26F3N3O2. The average Bonchev–Trinajstić information content (AvgIpc) is 2.96. The fraction of sp³-hybridized carbons (Fsp3) is 0.632. The molecule has 1 atom stereocenters. The molecule has 1 aromatic rings. The lowest BCUT2D eigenvalue weighted by Crippen LogP contribution is -2.52. The summed E-state index contributed by atoms with van der Waals surface area (Å²) in [6.07, 6.45) is -4.37. The molecule has 0 saturated carbocycles. The van der Waals surface area contributed by atoms with Gasteiger partial charge in [-0.1, -0.05) is 18.2 Å². The number of halogens is 3. The van der Waals surface area contributed by atoms with E-state index in [4.69, 9.17) is 4.74 Å². The van der Waals surface area contributed by atoms with Crippen LogP contribution in [0.25, 0.3) is 0 Å². The summed E-state index contributed by atoms with van der Waals surface area (Å²) in [4.78, 5) is 16.1. The molecule has 0 unspecified atom stereocenters. The number of hydrogen-bond acceptors (Lipinski definition) is 3. The van der Waals surface area contributed by atoms with Crippen LogP contribution in [0.5, 0.6) is 0 Å². The second-order valence-electron chi connectivity index (χ2n) is 7.58. The Hall–Kier alpha value is -1.96. The molecule has 27 heavy (non-hydrogen) atoms. The highest BCUT2D eigenvalue weighted by molar-refractivity contribution is 5.76. The van der Waals surface area contributed by atoms with E-state index in [1.165, 1.54) is 18.7 Å². The van der Waals surface area contributed by atoms with Crippen molar-refractivity contribution in [1.82, 2.24) is 10.2 Å². The molecule has 1 aromatic carbocycles. The highest BCUT2D eigenvalue weighted by atomic mass is 19.4. The lowest BCUT2D eigenvalue weighted by atomic mass is 9.88. The number of nitrogens with one attached hydrogen (secondary N) is 1.